The molecule has 1 aliphatic carbocycles. The van der Waals surface area contributed by atoms with Crippen molar-refractivity contribution in [2.75, 3.05) is 13.1 Å². The zero-order valence-electron chi connectivity index (χ0n) is 11.5. The van der Waals surface area contributed by atoms with Crippen LogP contribution in [0.4, 0.5) is 0 Å². The minimum Gasteiger partial charge on any atom is -0.326 e. The van der Waals surface area contributed by atoms with Gasteiger partial charge in [-0.15, -0.1) is 0 Å². The van der Waals surface area contributed by atoms with Crippen LogP contribution in [0.15, 0.2) is 24.5 Å². The van der Waals surface area contributed by atoms with Crippen molar-refractivity contribution < 1.29 is 0 Å². The molecule has 2 unspecified atom stereocenters. The van der Waals surface area contributed by atoms with E-state index < -0.39 is 0 Å². The Morgan fingerprint density at radius 3 is 2.50 bits per heavy atom. The summed E-state index contributed by atoms with van der Waals surface area (Å²) in [6, 6.07) is 4.75. The van der Waals surface area contributed by atoms with E-state index in [4.69, 9.17) is 5.73 Å². The first-order valence-corrected chi connectivity index (χ1v) is 7.15. The number of likely N-dealkylation sites (N-methyl/N-ethyl adjacent to an activating group) is 1. The number of nitrogens with zero attached hydrogens (tertiary/aromatic N) is 2. The molecule has 0 aromatic carbocycles. The van der Waals surface area contributed by atoms with Gasteiger partial charge in [-0.1, -0.05) is 13.8 Å². The largest absolute Gasteiger partial charge is 0.326 e. The fourth-order valence-electron chi connectivity index (χ4n) is 2.58. The Morgan fingerprint density at radius 2 is 2.00 bits per heavy atom. The Morgan fingerprint density at radius 1 is 1.33 bits per heavy atom. The first kappa shape index (κ1) is 13.5. The normalized spacial score (nSPS) is 18.9. The Bertz CT molecular complexity index is 348. The highest BCUT2D eigenvalue weighted by Crippen LogP contribution is 2.33. The van der Waals surface area contributed by atoms with E-state index in [-0.39, 0.29) is 6.04 Å². The third-order valence-corrected chi connectivity index (χ3v) is 3.91. The van der Waals surface area contributed by atoms with Crippen molar-refractivity contribution in [3.63, 3.8) is 0 Å². The summed E-state index contributed by atoms with van der Waals surface area (Å²) in [6.45, 7) is 6.66. The molecule has 1 heterocycles. The molecule has 100 valence electrons. The van der Waals surface area contributed by atoms with Gasteiger partial charge in [-0.2, -0.15) is 0 Å². The monoisotopic (exact) mass is 247 g/mol. The second-order valence-electron chi connectivity index (χ2n) is 5.33. The van der Waals surface area contributed by atoms with E-state index in [9.17, 15) is 0 Å². The number of rotatable bonds is 7. The zero-order chi connectivity index (χ0) is 13.0. The van der Waals surface area contributed by atoms with Gasteiger partial charge in [0.25, 0.3) is 0 Å². The molecule has 1 aliphatic rings. The van der Waals surface area contributed by atoms with Crippen molar-refractivity contribution in [3.05, 3.63) is 30.1 Å². The van der Waals surface area contributed by atoms with Gasteiger partial charge in [0.05, 0.1) is 0 Å². The van der Waals surface area contributed by atoms with Crippen LogP contribution in [-0.4, -0.2) is 29.0 Å². The van der Waals surface area contributed by atoms with Crippen LogP contribution in [0, 0.1) is 5.92 Å². The first-order valence-electron chi connectivity index (χ1n) is 7.15. The van der Waals surface area contributed by atoms with Crippen molar-refractivity contribution in [2.24, 2.45) is 11.7 Å². The van der Waals surface area contributed by atoms with Crippen molar-refractivity contribution in [1.29, 1.82) is 0 Å². The molecule has 1 aromatic heterocycles. The van der Waals surface area contributed by atoms with Gasteiger partial charge in [0.2, 0.25) is 0 Å². The van der Waals surface area contributed by atoms with Crippen molar-refractivity contribution in [3.8, 4) is 0 Å². The van der Waals surface area contributed by atoms with Crippen LogP contribution < -0.4 is 5.73 Å². The fourth-order valence-corrected chi connectivity index (χ4v) is 2.58. The highest BCUT2D eigenvalue weighted by Gasteiger charge is 2.30. The summed E-state index contributed by atoms with van der Waals surface area (Å²) in [7, 11) is 0. The maximum absolute atomic E-state index is 6.36. The lowest BCUT2D eigenvalue weighted by Crippen LogP contribution is -2.41. The quantitative estimate of drug-likeness (QED) is 0.805. The zero-order valence-corrected chi connectivity index (χ0v) is 11.5. The number of aromatic nitrogens is 1. The van der Waals surface area contributed by atoms with Crippen LogP contribution in [0.1, 0.15) is 44.7 Å². The smallest absolute Gasteiger partial charge is 0.0500 e. The predicted molar refractivity (Wildman–Crippen MR) is 75.2 cm³/mol. The minimum absolute atomic E-state index is 0.200. The Kier molecular flexibility index (Phi) is 4.72. The Hall–Kier alpha value is -0.930. The number of hydrogen-bond acceptors (Lipinski definition) is 3. The third kappa shape index (κ3) is 3.30. The predicted octanol–water partition coefficient (Wildman–Crippen LogP) is 2.59. The van der Waals surface area contributed by atoms with E-state index in [1.54, 1.807) is 0 Å². The molecular formula is C15H25N3. The highest BCUT2D eigenvalue weighted by atomic mass is 15.2. The lowest BCUT2D eigenvalue weighted by molar-refractivity contribution is 0.170. The van der Waals surface area contributed by atoms with Gasteiger partial charge in [-0.3, -0.25) is 9.88 Å². The maximum Gasteiger partial charge on any atom is 0.0500 e. The molecule has 0 aliphatic heterocycles. The molecule has 0 saturated heterocycles. The summed E-state index contributed by atoms with van der Waals surface area (Å²) in [5.74, 6) is 0.901. The Labute approximate surface area is 110 Å². The van der Waals surface area contributed by atoms with E-state index in [2.05, 4.69) is 35.9 Å². The molecule has 3 heteroatoms. The Balaban J connectivity index is 2.17. The van der Waals surface area contributed by atoms with Crippen LogP contribution in [0.25, 0.3) is 0 Å². The van der Waals surface area contributed by atoms with Gasteiger partial charge in [0.1, 0.15) is 0 Å². The van der Waals surface area contributed by atoms with E-state index in [1.165, 1.54) is 24.9 Å². The van der Waals surface area contributed by atoms with E-state index in [1.807, 2.05) is 12.4 Å². The molecule has 1 saturated carbocycles. The summed E-state index contributed by atoms with van der Waals surface area (Å²) in [5.41, 5.74) is 7.67. The van der Waals surface area contributed by atoms with Crippen LogP contribution in [-0.2, 0) is 0 Å². The van der Waals surface area contributed by atoms with Crippen LogP contribution in [0.2, 0.25) is 0 Å². The summed E-state index contributed by atoms with van der Waals surface area (Å²) < 4.78 is 0. The minimum atomic E-state index is 0.200. The van der Waals surface area contributed by atoms with Crippen LogP contribution in [0.5, 0.6) is 0 Å². The van der Waals surface area contributed by atoms with Crippen LogP contribution >= 0.6 is 0 Å². The second-order valence-corrected chi connectivity index (χ2v) is 5.33. The van der Waals surface area contributed by atoms with Gasteiger partial charge in [0, 0.05) is 31.0 Å². The molecule has 0 radical (unpaired) electrons. The van der Waals surface area contributed by atoms with E-state index in [0.29, 0.717) is 6.04 Å². The molecule has 18 heavy (non-hydrogen) atoms. The number of pyridine rings is 1. The third-order valence-electron chi connectivity index (χ3n) is 3.91. The lowest BCUT2D eigenvalue weighted by Gasteiger charge is -2.35. The topological polar surface area (TPSA) is 42.1 Å². The fraction of sp³-hybridized carbons (Fsp3) is 0.667. The molecule has 1 fully saturated rings. The SMILES string of the molecule is CCC(N)C(c1ccncc1)N(CC)CC1CC1. The molecule has 2 atom stereocenters. The van der Waals surface area contributed by atoms with Gasteiger partial charge >= 0.3 is 0 Å². The average molecular weight is 247 g/mol. The van der Waals surface area contributed by atoms with Crippen molar-refractivity contribution >= 4 is 0 Å². The van der Waals surface area contributed by atoms with E-state index >= 15 is 0 Å². The molecule has 1 aromatic rings. The van der Waals surface area contributed by atoms with Crippen molar-refractivity contribution in [1.82, 2.24) is 9.88 Å². The number of hydrogen-bond donors (Lipinski definition) is 1. The lowest BCUT2D eigenvalue weighted by atomic mass is 9.97. The average Bonchev–Trinajstić information content (AvgIpc) is 3.22. The van der Waals surface area contributed by atoms with Crippen molar-refractivity contribution in [2.45, 2.75) is 45.2 Å². The van der Waals surface area contributed by atoms with Gasteiger partial charge in [-0.25, -0.2) is 0 Å². The number of nitrogens with two attached hydrogens (primary N) is 1. The van der Waals surface area contributed by atoms with Crippen LogP contribution in [0.3, 0.4) is 0 Å². The summed E-state index contributed by atoms with van der Waals surface area (Å²) >= 11 is 0. The van der Waals surface area contributed by atoms with Gasteiger partial charge < -0.3 is 5.73 Å². The molecule has 0 bridgehead atoms. The molecule has 2 N–H and O–H groups in total. The standard InChI is InChI=1S/C15H25N3/c1-3-14(16)15(13-7-9-17-10-8-13)18(4-2)11-12-5-6-12/h7-10,12,14-15H,3-6,11,16H2,1-2H3. The van der Waals surface area contributed by atoms with Gasteiger partial charge in [0.15, 0.2) is 0 Å². The first-order chi connectivity index (χ1) is 8.76. The molecule has 3 nitrogen and oxygen atoms in total. The summed E-state index contributed by atoms with van der Waals surface area (Å²) in [5, 5.41) is 0. The molecule has 2 rings (SSSR count). The molecule has 0 spiro atoms. The summed E-state index contributed by atoms with van der Waals surface area (Å²) in [6.07, 6.45) is 7.53. The van der Waals surface area contributed by atoms with Gasteiger partial charge in [-0.05, 0) is 49.4 Å². The summed E-state index contributed by atoms with van der Waals surface area (Å²) in [4.78, 5) is 6.65. The molecule has 0 amide bonds. The maximum atomic E-state index is 6.36. The second kappa shape index (κ2) is 6.30. The molecular weight excluding hydrogens is 222 g/mol. The highest BCUT2D eigenvalue weighted by molar-refractivity contribution is 5.17. The van der Waals surface area contributed by atoms with E-state index in [0.717, 1.165) is 18.9 Å².